The van der Waals surface area contributed by atoms with Crippen molar-refractivity contribution in [3.63, 3.8) is 0 Å². The zero-order valence-electron chi connectivity index (χ0n) is 10.9. The van der Waals surface area contributed by atoms with Crippen LogP contribution in [-0.2, 0) is 11.2 Å². The Morgan fingerprint density at radius 3 is 2.68 bits per heavy atom. The van der Waals surface area contributed by atoms with Gasteiger partial charge in [-0.3, -0.25) is 4.79 Å². The van der Waals surface area contributed by atoms with Gasteiger partial charge in [0, 0.05) is 18.0 Å². The standard InChI is InChI=1S/C13H18ClNO4/c1-3-7-6-9(19-2)13(18)11(12(7)14)8(15)4-5-10(16)17/h6,8,18H,3-5,15H2,1-2H3,(H,16,17). The predicted octanol–water partition coefficient (Wildman–Crippen LogP) is 2.48. The molecule has 4 N–H and O–H groups in total. The van der Waals surface area contributed by atoms with Crippen LogP contribution in [0.25, 0.3) is 0 Å². The summed E-state index contributed by atoms with van der Waals surface area (Å²) in [5, 5.41) is 19.1. The van der Waals surface area contributed by atoms with Crippen molar-refractivity contribution in [1.29, 1.82) is 0 Å². The van der Waals surface area contributed by atoms with Crippen LogP contribution in [-0.4, -0.2) is 23.3 Å². The Balaban J connectivity index is 3.20. The van der Waals surface area contributed by atoms with E-state index in [0.717, 1.165) is 5.56 Å². The first-order valence-electron chi connectivity index (χ1n) is 5.97. The molecule has 0 heterocycles. The summed E-state index contributed by atoms with van der Waals surface area (Å²) in [4.78, 5) is 10.6. The van der Waals surface area contributed by atoms with Gasteiger partial charge in [0.1, 0.15) is 0 Å². The summed E-state index contributed by atoms with van der Waals surface area (Å²) in [6, 6.07) is 1.01. The van der Waals surface area contributed by atoms with Crippen molar-refractivity contribution in [3.05, 3.63) is 22.2 Å². The molecular formula is C13H18ClNO4. The summed E-state index contributed by atoms with van der Waals surface area (Å²) in [6.07, 6.45) is 0.767. The van der Waals surface area contributed by atoms with Crippen LogP contribution in [0, 0.1) is 0 Å². The number of hydrogen-bond donors (Lipinski definition) is 3. The minimum atomic E-state index is -0.940. The number of aliphatic carboxylic acids is 1. The maximum Gasteiger partial charge on any atom is 0.303 e. The molecule has 0 saturated heterocycles. The summed E-state index contributed by atoms with van der Waals surface area (Å²) in [6.45, 7) is 1.92. The molecule has 1 atom stereocenters. The molecule has 0 radical (unpaired) electrons. The Bertz CT molecular complexity index is 448. The van der Waals surface area contributed by atoms with Crippen molar-refractivity contribution in [1.82, 2.24) is 0 Å². The van der Waals surface area contributed by atoms with Crippen LogP contribution in [0.2, 0.25) is 5.02 Å². The van der Waals surface area contributed by atoms with Gasteiger partial charge in [-0.1, -0.05) is 18.5 Å². The molecular weight excluding hydrogens is 270 g/mol. The number of carboxylic acid groups (broad SMARTS) is 1. The van der Waals surface area contributed by atoms with E-state index in [9.17, 15) is 9.90 Å². The fraction of sp³-hybridized carbons (Fsp3) is 0.462. The molecule has 0 aliphatic heterocycles. The third kappa shape index (κ3) is 3.52. The number of benzene rings is 1. The predicted molar refractivity (Wildman–Crippen MR) is 72.8 cm³/mol. The number of nitrogens with two attached hydrogens (primary N) is 1. The molecule has 0 aromatic heterocycles. The van der Waals surface area contributed by atoms with Gasteiger partial charge < -0.3 is 20.7 Å². The van der Waals surface area contributed by atoms with Gasteiger partial charge in [-0.05, 0) is 24.5 Å². The second kappa shape index (κ2) is 6.63. The summed E-state index contributed by atoms with van der Waals surface area (Å²) in [5.74, 6) is -0.769. The van der Waals surface area contributed by atoms with Crippen molar-refractivity contribution in [2.45, 2.75) is 32.2 Å². The number of methoxy groups -OCH3 is 1. The van der Waals surface area contributed by atoms with Gasteiger partial charge in [-0.15, -0.1) is 0 Å². The summed E-state index contributed by atoms with van der Waals surface area (Å²) < 4.78 is 5.08. The maximum atomic E-state index is 10.6. The van der Waals surface area contributed by atoms with E-state index in [0.29, 0.717) is 22.8 Å². The molecule has 0 aliphatic carbocycles. The van der Waals surface area contributed by atoms with E-state index in [4.69, 9.17) is 27.2 Å². The van der Waals surface area contributed by atoms with Crippen molar-refractivity contribution < 1.29 is 19.7 Å². The number of phenols is 1. The monoisotopic (exact) mass is 287 g/mol. The topological polar surface area (TPSA) is 92.8 Å². The first-order chi connectivity index (χ1) is 8.92. The van der Waals surface area contributed by atoms with Crippen molar-refractivity contribution in [2.75, 3.05) is 7.11 Å². The molecule has 0 bridgehead atoms. The molecule has 0 spiro atoms. The van der Waals surface area contributed by atoms with Gasteiger partial charge in [0.25, 0.3) is 0 Å². The highest BCUT2D eigenvalue weighted by atomic mass is 35.5. The Morgan fingerprint density at radius 2 is 2.21 bits per heavy atom. The minimum Gasteiger partial charge on any atom is -0.504 e. The summed E-state index contributed by atoms with van der Waals surface area (Å²) in [7, 11) is 1.44. The normalized spacial score (nSPS) is 12.2. The first kappa shape index (κ1) is 15.6. The van der Waals surface area contributed by atoms with Crippen LogP contribution in [0.15, 0.2) is 6.07 Å². The lowest BCUT2D eigenvalue weighted by molar-refractivity contribution is -0.137. The average molecular weight is 288 g/mol. The molecule has 5 nitrogen and oxygen atoms in total. The van der Waals surface area contributed by atoms with Crippen molar-refractivity contribution >= 4 is 17.6 Å². The number of aryl methyl sites for hydroxylation is 1. The Morgan fingerprint density at radius 1 is 1.58 bits per heavy atom. The molecule has 1 aromatic rings. The fourth-order valence-electron chi connectivity index (χ4n) is 1.87. The van der Waals surface area contributed by atoms with E-state index in [2.05, 4.69) is 0 Å². The van der Waals surface area contributed by atoms with E-state index < -0.39 is 12.0 Å². The molecule has 1 unspecified atom stereocenters. The Kier molecular flexibility index (Phi) is 5.44. The largest absolute Gasteiger partial charge is 0.504 e. The van der Waals surface area contributed by atoms with E-state index in [1.54, 1.807) is 6.07 Å². The van der Waals surface area contributed by atoms with Crippen molar-refractivity contribution in [2.24, 2.45) is 5.73 Å². The van der Waals surface area contributed by atoms with Crippen molar-refractivity contribution in [3.8, 4) is 11.5 Å². The second-order valence-corrected chi connectivity index (χ2v) is 4.58. The molecule has 19 heavy (non-hydrogen) atoms. The molecule has 1 aromatic carbocycles. The highest BCUT2D eigenvalue weighted by Gasteiger charge is 2.22. The number of rotatable bonds is 6. The van der Waals surface area contributed by atoms with E-state index in [1.807, 2.05) is 6.92 Å². The fourth-order valence-corrected chi connectivity index (χ4v) is 2.29. The molecule has 0 fully saturated rings. The van der Waals surface area contributed by atoms with Gasteiger partial charge in [-0.2, -0.15) is 0 Å². The highest BCUT2D eigenvalue weighted by Crippen LogP contribution is 2.41. The molecule has 6 heteroatoms. The first-order valence-corrected chi connectivity index (χ1v) is 6.35. The lowest BCUT2D eigenvalue weighted by atomic mass is 9.97. The Hall–Kier alpha value is -1.46. The summed E-state index contributed by atoms with van der Waals surface area (Å²) in [5.41, 5.74) is 7.08. The number of halogens is 1. The van der Waals surface area contributed by atoms with Crippen LogP contribution in [0.5, 0.6) is 11.5 Å². The minimum absolute atomic E-state index is 0.0877. The van der Waals surface area contributed by atoms with E-state index in [1.165, 1.54) is 7.11 Å². The number of phenolic OH excluding ortho intramolecular Hbond substituents is 1. The number of hydrogen-bond acceptors (Lipinski definition) is 4. The molecule has 0 amide bonds. The zero-order valence-corrected chi connectivity index (χ0v) is 11.7. The summed E-state index contributed by atoms with van der Waals surface area (Å²) >= 11 is 6.21. The number of ether oxygens (including phenoxy) is 1. The van der Waals surface area contributed by atoms with Gasteiger partial charge in [0.15, 0.2) is 11.5 Å². The SMILES string of the molecule is CCc1cc(OC)c(O)c(C(N)CCC(=O)O)c1Cl. The van der Waals surface area contributed by atoms with Crippen LogP contribution in [0.4, 0.5) is 0 Å². The van der Waals surface area contributed by atoms with Crippen LogP contribution >= 0.6 is 11.6 Å². The lowest BCUT2D eigenvalue weighted by Gasteiger charge is -2.19. The van der Waals surface area contributed by atoms with Crippen LogP contribution < -0.4 is 10.5 Å². The Labute approximate surface area is 116 Å². The third-order valence-electron chi connectivity index (χ3n) is 2.95. The van der Waals surface area contributed by atoms with Gasteiger partial charge in [0.05, 0.1) is 12.1 Å². The molecule has 106 valence electrons. The molecule has 1 rings (SSSR count). The maximum absolute atomic E-state index is 10.6. The quantitative estimate of drug-likeness (QED) is 0.747. The molecule has 0 saturated carbocycles. The number of carboxylic acids is 1. The second-order valence-electron chi connectivity index (χ2n) is 4.21. The van der Waals surface area contributed by atoms with Crippen LogP contribution in [0.1, 0.15) is 36.9 Å². The zero-order chi connectivity index (χ0) is 14.6. The van der Waals surface area contributed by atoms with Crippen LogP contribution in [0.3, 0.4) is 0 Å². The highest BCUT2D eigenvalue weighted by molar-refractivity contribution is 6.32. The van der Waals surface area contributed by atoms with Gasteiger partial charge >= 0.3 is 5.97 Å². The van der Waals surface area contributed by atoms with Gasteiger partial charge in [0.2, 0.25) is 0 Å². The average Bonchev–Trinajstić information content (AvgIpc) is 2.37. The third-order valence-corrected chi connectivity index (χ3v) is 3.40. The molecule has 0 aliphatic rings. The number of carbonyl (C=O) groups is 1. The lowest BCUT2D eigenvalue weighted by Crippen LogP contribution is -2.14. The smallest absolute Gasteiger partial charge is 0.303 e. The van der Waals surface area contributed by atoms with Gasteiger partial charge in [-0.25, -0.2) is 0 Å². The van der Waals surface area contributed by atoms with E-state index in [-0.39, 0.29) is 18.6 Å². The number of aromatic hydroxyl groups is 1. The van der Waals surface area contributed by atoms with E-state index >= 15 is 0 Å².